The molecule has 0 aliphatic carbocycles. The third kappa shape index (κ3) is 2.30. The van der Waals surface area contributed by atoms with Gasteiger partial charge in [0.15, 0.2) is 0 Å². The number of nitrogens with two attached hydrogens (primary N) is 1. The SMILES string of the molecule is Nc1cc(-c2nn3c(c2-c2ccc(F)cc2)C(=O)NCC3)ccn1. The summed E-state index contributed by atoms with van der Waals surface area (Å²) in [6, 6.07) is 9.51. The second-order valence-corrected chi connectivity index (χ2v) is 5.53. The van der Waals surface area contributed by atoms with E-state index in [1.807, 2.05) is 0 Å². The van der Waals surface area contributed by atoms with Gasteiger partial charge in [0.1, 0.15) is 23.0 Å². The third-order valence-electron chi connectivity index (χ3n) is 3.96. The van der Waals surface area contributed by atoms with E-state index in [1.165, 1.54) is 12.1 Å². The van der Waals surface area contributed by atoms with Crippen LogP contribution in [0.3, 0.4) is 0 Å². The fraction of sp³-hybridized carbons (Fsp3) is 0.118. The van der Waals surface area contributed by atoms with Gasteiger partial charge < -0.3 is 11.1 Å². The molecule has 1 aliphatic rings. The molecule has 24 heavy (non-hydrogen) atoms. The topological polar surface area (TPSA) is 85.8 Å². The number of nitrogen functional groups attached to an aromatic ring is 1. The van der Waals surface area contributed by atoms with E-state index in [4.69, 9.17) is 5.73 Å². The fourth-order valence-electron chi connectivity index (χ4n) is 2.90. The van der Waals surface area contributed by atoms with Crippen LogP contribution < -0.4 is 11.1 Å². The van der Waals surface area contributed by atoms with E-state index >= 15 is 0 Å². The Labute approximate surface area is 137 Å². The van der Waals surface area contributed by atoms with Crippen LogP contribution >= 0.6 is 0 Å². The van der Waals surface area contributed by atoms with Gasteiger partial charge in [-0.15, -0.1) is 0 Å². The molecule has 0 fully saturated rings. The number of carbonyl (C=O) groups is 1. The second kappa shape index (κ2) is 5.45. The number of halogens is 1. The average Bonchev–Trinajstić information content (AvgIpc) is 2.96. The first-order valence-electron chi connectivity index (χ1n) is 7.50. The number of carbonyl (C=O) groups excluding carboxylic acids is 1. The maximum absolute atomic E-state index is 13.3. The molecular weight excluding hydrogens is 309 g/mol. The first-order valence-corrected chi connectivity index (χ1v) is 7.50. The van der Waals surface area contributed by atoms with Crippen LogP contribution in [0.15, 0.2) is 42.6 Å². The van der Waals surface area contributed by atoms with Crippen molar-refractivity contribution in [1.29, 1.82) is 0 Å². The molecule has 0 radical (unpaired) electrons. The summed E-state index contributed by atoms with van der Waals surface area (Å²) in [5.74, 6) is -0.159. The molecule has 2 aromatic heterocycles. The summed E-state index contributed by atoms with van der Waals surface area (Å²) in [4.78, 5) is 16.4. The maximum Gasteiger partial charge on any atom is 0.270 e. The van der Waals surface area contributed by atoms with E-state index in [0.717, 1.165) is 11.1 Å². The molecule has 1 amide bonds. The largest absolute Gasteiger partial charge is 0.384 e. The number of amides is 1. The lowest BCUT2D eigenvalue weighted by atomic mass is 9.98. The van der Waals surface area contributed by atoms with Gasteiger partial charge >= 0.3 is 0 Å². The lowest BCUT2D eigenvalue weighted by molar-refractivity contribution is 0.0925. The molecule has 3 N–H and O–H groups in total. The molecule has 0 saturated carbocycles. The number of benzene rings is 1. The van der Waals surface area contributed by atoms with Crippen molar-refractivity contribution >= 4 is 11.7 Å². The highest BCUT2D eigenvalue weighted by Gasteiger charge is 2.27. The minimum absolute atomic E-state index is 0.193. The summed E-state index contributed by atoms with van der Waals surface area (Å²) in [5.41, 5.74) is 9.03. The average molecular weight is 323 g/mol. The normalized spacial score (nSPS) is 13.5. The maximum atomic E-state index is 13.3. The zero-order valence-electron chi connectivity index (χ0n) is 12.7. The summed E-state index contributed by atoms with van der Waals surface area (Å²) in [7, 11) is 0. The zero-order chi connectivity index (χ0) is 16.7. The Kier molecular flexibility index (Phi) is 3.26. The third-order valence-corrected chi connectivity index (χ3v) is 3.96. The van der Waals surface area contributed by atoms with E-state index in [2.05, 4.69) is 15.4 Å². The lowest BCUT2D eigenvalue weighted by Crippen LogP contribution is -2.35. The first kappa shape index (κ1) is 14.4. The molecule has 4 rings (SSSR count). The van der Waals surface area contributed by atoms with Crippen LogP contribution in [0.4, 0.5) is 10.2 Å². The van der Waals surface area contributed by atoms with Crippen LogP contribution in [0.1, 0.15) is 10.5 Å². The van der Waals surface area contributed by atoms with Gasteiger partial charge in [0.2, 0.25) is 0 Å². The molecule has 3 aromatic rings. The molecule has 0 spiro atoms. The van der Waals surface area contributed by atoms with Crippen molar-refractivity contribution < 1.29 is 9.18 Å². The van der Waals surface area contributed by atoms with Gasteiger partial charge in [-0.3, -0.25) is 9.48 Å². The van der Waals surface area contributed by atoms with Crippen LogP contribution in [-0.4, -0.2) is 27.2 Å². The minimum atomic E-state index is -0.334. The van der Waals surface area contributed by atoms with E-state index in [0.29, 0.717) is 35.9 Å². The van der Waals surface area contributed by atoms with E-state index < -0.39 is 0 Å². The van der Waals surface area contributed by atoms with Crippen molar-refractivity contribution in [2.45, 2.75) is 6.54 Å². The number of pyridine rings is 1. The molecular formula is C17H14FN5O. The van der Waals surface area contributed by atoms with Gasteiger partial charge in [0.25, 0.3) is 5.91 Å². The van der Waals surface area contributed by atoms with Crippen LogP contribution in [-0.2, 0) is 6.54 Å². The van der Waals surface area contributed by atoms with Crippen molar-refractivity contribution in [3.05, 3.63) is 54.1 Å². The fourth-order valence-corrected chi connectivity index (χ4v) is 2.90. The van der Waals surface area contributed by atoms with E-state index in [9.17, 15) is 9.18 Å². The highest BCUT2D eigenvalue weighted by atomic mass is 19.1. The Hall–Kier alpha value is -3.22. The predicted molar refractivity (Wildman–Crippen MR) is 87.6 cm³/mol. The Balaban J connectivity index is 2.00. The molecule has 0 bridgehead atoms. The first-order chi connectivity index (χ1) is 11.6. The van der Waals surface area contributed by atoms with Gasteiger partial charge in [-0.2, -0.15) is 5.10 Å². The van der Waals surface area contributed by atoms with Gasteiger partial charge in [-0.25, -0.2) is 9.37 Å². The highest BCUT2D eigenvalue weighted by molar-refractivity contribution is 6.03. The second-order valence-electron chi connectivity index (χ2n) is 5.53. The van der Waals surface area contributed by atoms with Crippen LogP contribution in [0, 0.1) is 5.82 Å². The van der Waals surface area contributed by atoms with Crippen molar-refractivity contribution in [1.82, 2.24) is 20.1 Å². The van der Waals surface area contributed by atoms with Crippen molar-refractivity contribution in [3.8, 4) is 22.4 Å². The lowest BCUT2D eigenvalue weighted by Gasteiger charge is -2.15. The summed E-state index contributed by atoms with van der Waals surface area (Å²) in [6.07, 6.45) is 1.59. The number of hydrogen-bond donors (Lipinski definition) is 2. The molecule has 6 nitrogen and oxygen atoms in total. The number of fused-ring (bicyclic) bond motifs is 1. The standard InChI is InChI=1S/C17H14FN5O/c18-12-3-1-10(2-4-12)14-15(11-5-6-20-13(19)9-11)22-23-8-7-21-17(24)16(14)23/h1-6,9H,7-8H2,(H2,19,20)(H,21,24). The molecule has 3 heterocycles. The number of nitrogens with one attached hydrogen (secondary N) is 1. The Morgan fingerprint density at radius 2 is 1.96 bits per heavy atom. The van der Waals surface area contributed by atoms with Gasteiger partial charge in [-0.05, 0) is 29.8 Å². The molecule has 1 aliphatic heterocycles. The number of anilines is 1. The van der Waals surface area contributed by atoms with Crippen molar-refractivity contribution in [3.63, 3.8) is 0 Å². The smallest absolute Gasteiger partial charge is 0.270 e. The molecule has 7 heteroatoms. The van der Waals surface area contributed by atoms with Crippen LogP contribution in [0.2, 0.25) is 0 Å². The molecule has 0 saturated heterocycles. The predicted octanol–water partition coefficient (Wildman–Crippen LogP) is 2.08. The molecule has 120 valence electrons. The van der Waals surface area contributed by atoms with Crippen LogP contribution in [0.25, 0.3) is 22.4 Å². The number of nitrogens with zero attached hydrogens (tertiary/aromatic N) is 3. The Morgan fingerprint density at radius 3 is 2.71 bits per heavy atom. The Morgan fingerprint density at radius 1 is 1.17 bits per heavy atom. The number of rotatable bonds is 2. The number of hydrogen-bond acceptors (Lipinski definition) is 4. The van der Waals surface area contributed by atoms with Gasteiger partial charge in [0.05, 0.1) is 6.54 Å². The van der Waals surface area contributed by atoms with E-state index in [-0.39, 0.29) is 11.7 Å². The summed E-state index contributed by atoms with van der Waals surface area (Å²) < 4.78 is 15.0. The molecule has 0 unspecified atom stereocenters. The van der Waals surface area contributed by atoms with Crippen molar-refractivity contribution in [2.75, 3.05) is 12.3 Å². The van der Waals surface area contributed by atoms with Crippen molar-refractivity contribution in [2.24, 2.45) is 0 Å². The monoisotopic (exact) mass is 323 g/mol. The summed E-state index contributed by atoms with van der Waals surface area (Å²) >= 11 is 0. The molecule has 1 aromatic carbocycles. The molecule has 0 atom stereocenters. The van der Waals surface area contributed by atoms with Crippen LogP contribution in [0.5, 0.6) is 0 Å². The van der Waals surface area contributed by atoms with Gasteiger partial charge in [0, 0.05) is 23.9 Å². The minimum Gasteiger partial charge on any atom is -0.384 e. The highest BCUT2D eigenvalue weighted by Crippen LogP contribution is 2.35. The number of aromatic nitrogens is 3. The van der Waals surface area contributed by atoms with E-state index in [1.54, 1.807) is 35.1 Å². The summed E-state index contributed by atoms with van der Waals surface area (Å²) in [5, 5.41) is 7.42. The van der Waals surface area contributed by atoms with Gasteiger partial charge in [-0.1, -0.05) is 12.1 Å². The summed E-state index contributed by atoms with van der Waals surface area (Å²) in [6.45, 7) is 1.10. The Bertz CT molecular complexity index is 933. The zero-order valence-corrected chi connectivity index (χ0v) is 12.7. The quantitative estimate of drug-likeness (QED) is 0.756.